The first kappa shape index (κ1) is 22.4. The smallest absolute Gasteiger partial charge is 0.320 e. The van der Waals surface area contributed by atoms with Gasteiger partial charge in [0.2, 0.25) is 5.91 Å². The van der Waals surface area contributed by atoms with Gasteiger partial charge in [-0.05, 0) is 25.1 Å². The largest absolute Gasteiger partial charge is 0.441 e. The number of hydrogen-bond acceptors (Lipinski definition) is 6. The van der Waals surface area contributed by atoms with Crippen LogP contribution in [0.4, 0.5) is 13.9 Å². The molecular weight excluding hydrogens is 483 g/mol. The fourth-order valence-corrected chi connectivity index (χ4v) is 4.43. The topological polar surface area (TPSA) is 85.8 Å². The van der Waals surface area contributed by atoms with E-state index in [1.54, 1.807) is 25.1 Å². The minimum absolute atomic E-state index is 0.0912. The number of alkyl halides is 2. The molecule has 0 aliphatic heterocycles. The first-order chi connectivity index (χ1) is 15.3. The predicted octanol–water partition coefficient (Wildman–Crippen LogP) is 6.24. The van der Waals surface area contributed by atoms with Crippen molar-refractivity contribution >= 4 is 45.6 Å². The lowest BCUT2D eigenvalue weighted by atomic mass is 10.2. The number of amides is 1. The molecule has 7 nitrogen and oxygen atoms in total. The quantitative estimate of drug-likeness (QED) is 0.326. The van der Waals surface area contributed by atoms with Gasteiger partial charge < -0.3 is 9.73 Å². The van der Waals surface area contributed by atoms with Gasteiger partial charge in [-0.1, -0.05) is 34.5 Å². The summed E-state index contributed by atoms with van der Waals surface area (Å²) in [6, 6.07) is 5.02. The van der Waals surface area contributed by atoms with Crippen LogP contribution < -0.4 is 5.32 Å². The summed E-state index contributed by atoms with van der Waals surface area (Å²) >= 11 is 13.2. The third kappa shape index (κ3) is 4.82. The number of benzene rings is 1. The monoisotopic (exact) mass is 497 g/mol. The number of aromatic nitrogens is 4. The van der Waals surface area contributed by atoms with Crippen molar-refractivity contribution in [2.45, 2.75) is 26.3 Å². The van der Waals surface area contributed by atoms with Crippen molar-refractivity contribution in [1.82, 2.24) is 19.5 Å². The van der Waals surface area contributed by atoms with Crippen molar-refractivity contribution < 1.29 is 18.0 Å². The van der Waals surface area contributed by atoms with Gasteiger partial charge in [-0.25, -0.2) is 15.0 Å². The van der Waals surface area contributed by atoms with E-state index in [0.29, 0.717) is 43.0 Å². The maximum atomic E-state index is 13.1. The van der Waals surface area contributed by atoms with E-state index in [0.717, 1.165) is 15.9 Å². The number of aryl methyl sites for hydroxylation is 2. The fraction of sp³-hybridized carbons (Fsp3) is 0.200. The van der Waals surface area contributed by atoms with Crippen molar-refractivity contribution in [2.24, 2.45) is 0 Å². The molecule has 0 fully saturated rings. The minimum Gasteiger partial charge on any atom is -0.441 e. The zero-order chi connectivity index (χ0) is 22.8. The molecule has 0 saturated carbocycles. The molecule has 4 rings (SSSR count). The van der Waals surface area contributed by atoms with Gasteiger partial charge in [-0.15, -0.1) is 0 Å². The van der Waals surface area contributed by atoms with Crippen LogP contribution in [0.25, 0.3) is 22.0 Å². The standard InChI is InChI=1S/C20H15Cl2F2N5O2S/c1-10-17(18-25-6-7-29(18)19(23)24)32-20(27-10)28-15(30)4-5-16-26-9-14(31-16)12-3-2-11(21)8-13(12)22/h2-3,6-9,19H,4-5H2,1H3,(H,27,28,30). The second-order valence-electron chi connectivity index (χ2n) is 6.66. The lowest BCUT2D eigenvalue weighted by Gasteiger charge is -2.04. The number of oxazole rings is 1. The summed E-state index contributed by atoms with van der Waals surface area (Å²) in [4.78, 5) is 25.2. The molecule has 32 heavy (non-hydrogen) atoms. The normalized spacial score (nSPS) is 11.3. The highest BCUT2D eigenvalue weighted by Gasteiger charge is 2.19. The Balaban J connectivity index is 1.39. The highest BCUT2D eigenvalue weighted by atomic mass is 35.5. The highest BCUT2D eigenvalue weighted by molar-refractivity contribution is 7.19. The average molecular weight is 498 g/mol. The maximum absolute atomic E-state index is 13.1. The van der Waals surface area contributed by atoms with Crippen LogP contribution in [0.3, 0.4) is 0 Å². The zero-order valence-electron chi connectivity index (χ0n) is 16.5. The van der Waals surface area contributed by atoms with E-state index in [9.17, 15) is 13.6 Å². The summed E-state index contributed by atoms with van der Waals surface area (Å²) in [7, 11) is 0. The van der Waals surface area contributed by atoms with E-state index in [1.165, 1.54) is 18.6 Å². The van der Waals surface area contributed by atoms with Gasteiger partial charge in [0.15, 0.2) is 22.6 Å². The lowest BCUT2D eigenvalue weighted by molar-refractivity contribution is -0.116. The molecule has 0 aliphatic rings. The third-order valence-electron chi connectivity index (χ3n) is 4.44. The van der Waals surface area contributed by atoms with Gasteiger partial charge >= 0.3 is 6.55 Å². The SMILES string of the molecule is Cc1nc(NC(=O)CCc2ncc(-c3ccc(Cl)cc3Cl)o2)sc1-c1nccn1C(F)F. The Labute approximate surface area is 195 Å². The number of hydrogen-bond donors (Lipinski definition) is 1. The number of anilines is 1. The van der Waals surface area contributed by atoms with Gasteiger partial charge in [-0.2, -0.15) is 8.78 Å². The molecule has 4 aromatic rings. The summed E-state index contributed by atoms with van der Waals surface area (Å²) in [6.07, 6.45) is 4.36. The van der Waals surface area contributed by atoms with Crippen LogP contribution in [0.15, 0.2) is 41.2 Å². The first-order valence-corrected chi connectivity index (χ1v) is 10.9. The summed E-state index contributed by atoms with van der Waals surface area (Å²) < 4.78 is 32.7. The molecule has 0 spiro atoms. The second kappa shape index (κ2) is 9.35. The van der Waals surface area contributed by atoms with Crippen LogP contribution >= 0.6 is 34.5 Å². The van der Waals surface area contributed by atoms with E-state index in [2.05, 4.69) is 20.3 Å². The molecule has 0 aliphatic carbocycles. The van der Waals surface area contributed by atoms with Crippen molar-refractivity contribution in [2.75, 3.05) is 5.32 Å². The van der Waals surface area contributed by atoms with Gasteiger partial charge in [0.1, 0.15) is 0 Å². The van der Waals surface area contributed by atoms with Gasteiger partial charge in [0.05, 0.1) is 21.8 Å². The number of carbonyl (C=O) groups is 1. The molecule has 1 N–H and O–H groups in total. The Morgan fingerprint density at radius 2 is 2.12 bits per heavy atom. The van der Waals surface area contributed by atoms with Crippen LogP contribution in [-0.2, 0) is 11.2 Å². The molecule has 1 aromatic carbocycles. The Morgan fingerprint density at radius 1 is 1.31 bits per heavy atom. The molecule has 3 aromatic heterocycles. The number of halogens is 4. The Kier molecular flexibility index (Phi) is 6.54. The number of rotatable bonds is 7. The summed E-state index contributed by atoms with van der Waals surface area (Å²) in [5.74, 6) is 0.628. The number of thiazole rings is 1. The molecular formula is C20H15Cl2F2N5O2S. The molecule has 0 unspecified atom stereocenters. The summed E-state index contributed by atoms with van der Waals surface area (Å²) in [6.45, 7) is -1.05. The molecule has 0 atom stereocenters. The van der Waals surface area contributed by atoms with Crippen LogP contribution in [0.2, 0.25) is 10.0 Å². The molecule has 3 heterocycles. The van der Waals surface area contributed by atoms with Crippen molar-refractivity contribution in [3.63, 3.8) is 0 Å². The second-order valence-corrected chi connectivity index (χ2v) is 8.50. The van der Waals surface area contributed by atoms with E-state index in [4.69, 9.17) is 27.6 Å². The fourth-order valence-electron chi connectivity index (χ4n) is 2.95. The van der Waals surface area contributed by atoms with Gasteiger partial charge in [0.25, 0.3) is 0 Å². The highest BCUT2D eigenvalue weighted by Crippen LogP contribution is 2.34. The maximum Gasteiger partial charge on any atom is 0.320 e. The predicted molar refractivity (Wildman–Crippen MR) is 118 cm³/mol. The van der Waals surface area contributed by atoms with Crippen LogP contribution in [-0.4, -0.2) is 25.4 Å². The van der Waals surface area contributed by atoms with E-state index >= 15 is 0 Å². The lowest BCUT2D eigenvalue weighted by Crippen LogP contribution is -2.12. The van der Waals surface area contributed by atoms with Crippen LogP contribution in [0.1, 0.15) is 24.6 Å². The molecule has 0 bridgehead atoms. The summed E-state index contributed by atoms with van der Waals surface area (Å²) in [5.41, 5.74) is 1.14. The number of nitrogens with one attached hydrogen (secondary N) is 1. The molecule has 0 radical (unpaired) electrons. The van der Waals surface area contributed by atoms with Crippen LogP contribution in [0.5, 0.6) is 0 Å². The minimum atomic E-state index is -2.72. The Bertz CT molecular complexity index is 1270. The Morgan fingerprint density at radius 3 is 2.88 bits per heavy atom. The van der Waals surface area contributed by atoms with Crippen molar-refractivity contribution in [1.29, 1.82) is 0 Å². The Hall–Kier alpha value is -2.82. The number of carbonyl (C=O) groups excluding carboxylic acids is 1. The zero-order valence-corrected chi connectivity index (χ0v) is 18.8. The van der Waals surface area contributed by atoms with Gasteiger partial charge in [0, 0.05) is 35.8 Å². The van der Waals surface area contributed by atoms with Gasteiger partial charge in [-0.3, -0.25) is 9.36 Å². The van der Waals surface area contributed by atoms with Crippen LogP contribution in [0, 0.1) is 6.92 Å². The molecule has 1 amide bonds. The molecule has 12 heteroatoms. The van der Waals surface area contributed by atoms with Crippen molar-refractivity contribution in [3.8, 4) is 22.0 Å². The van der Waals surface area contributed by atoms with E-state index in [-0.39, 0.29) is 24.6 Å². The van der Waals surface area contributed by atoms with E-state index < -0.39 is 6.55 Å². The number of imidazole rings is 1. The van der Waals surface area contributed by atoms with E-state index in [1.807, 2.05) is 0 Å². The summed E-state index contributed by atoms with van der Waals surface area (Å²) in [5, 5.41) is 3.91. The van der Waals surface area contributed by atoms with Crippen molar-refractivity contribution in [3.05, 3.63) is 58.4 Å². The molecule has 0 saturated heterocycles. The molecule has 166 valence electrons. The average Bonchev–Trinajstić information content (AvgIpc) is 3.46. The third-order valence-corrected chi connectivity index (χ3v) is 6.06. The first-order valence-electron chi connectivity index (χ1n) is 9.30. The number of nitrogens with zero attached hydrogens (tertiary/aromatic N) is 4.